The Morgan fingerprint density at radius 2 is 1.59 bits per heavy atom. The molecule has 17 heavy (non-hydrogen) atoms. The van der Waals surface area contributed by atoms with Crippen LogP contribution in [0.1, 0.15) is 32.6 Å². The van der Waals surface area contributed by atoms with Crippen molar-refractivity contribution >= 4 is 17.9 Å². The van der Waals surface area contributed by atoms with E-state index in [9.17, 15) is 9.59 Å². The Morgan fingerprint density at radius 3 is 2.00 bits per heavy atom. The van der Waals surface area contributed by atoms with Crippen LogP contribution in [0, 0.1) is 0 Å². The number of hydrogen-bond acceptors (Lipinski definition) is 5. The summed E-state index contributed by atoms with van der Waals surface area (Å²) in [5.74, 6) is -2.34. The Kier molecular flexibility index (Phi) is 13.0. The Morgan fingerprint density at radius 1 is 1.06 bits per heavy atom. The van der Waals surface area contributed by atoms with Crippen molar-refractivity contribution < 1.29 is 34.4 Å². The lowest BCUT2D eigenvalue weighted by molar-refractivity contribution is -0.147. The zero-order chi connectivity index (χ0) is 13.7. The molecule has 0 aliphatic carbocycles. The zero-order valence-electron chi connectivity index (χ0n) is 9.72. The summed E-state index contributed by atoms with van der Waals surface area (Å²) in [5.41, 5.74) is 0. The van der Waals surface area contributed by atoms with E-state index >= 15 is 0 Å². The Hall–Kier alpha value is -1.63. The first kappa shape index (κ1) is 17.8. The third kappa shape index (κ3) is 25.0. The van der Waals surface area contributed by atoms with Crippen LogP contribution in [-0.4, -0.2) is 46.4 Å². The molecular formula is C10H18O7. The van der Waals surface area contributed by atoms with Crippen LogP contribution in [0.25, 0.3) is 0 Å². The van der Waals surface area contributed by atoms with Gasteiger partial charge < -0.3 is 20.1 Å². The molecule has 0 amide bonds. The Bertz CT molecular complexity index is 233. The van der Waals surface area contributed by atoms with E-state index in [0.29, 0.717) is 12.8 Å². The third-order valence-corrected chi connectivity index (χ3v) is 1.36. The number of rotatable bonds is 7. The predicted octanol–water partition coefficient (Wildman–Crippen LogP) is 0.258. The van der Waals surface area contributed by atoms with Gasteiger partial charge in [0.2, 0.25) is 0 Å². The van der Waals surface area contributed by atoms with Crippen molar-refractivity contribution in [3.63, 3.8) is 0 Å². The quantitative estimate of drug-likeness (QED) is 0.437. The van der Waals surface area contributed by atoms with Gasteiger partial charge in [-0.3, -0.25) is 14.4 Å². The van der Waals surface area contributed by atoms with E-state index in [0.717, 1.165) is 6.92 Å². The smallest absolute Gasteiger partial charge is 0.306 e. The second kappa shape index (κ2) is 12.4. The molecule has 0 saturated heterocycles. The minimum Gasteiger partial charge on any atom is -0.481 e. The largest absolute Gasteiger partial charge is 0.481 e. The molecule has 0 aliphatic heterocycles. The van der Waals surface area contributed by atoms with Gasteiger partial charge in [-0.25, -0.2) is 0 Å². The highest BCUT2D eigenvalue weighted by Gasteiger charge is 2.05. The van der Waals surface area contributed by atoms with E-state index < -0.39 is 17.9 Å². The number of esters is 1. The molecule has 0 atom stereocenters. The van der Waals surface area contributed by atoms with Crippen LogP contribution >= 0.6 is 0 Å². The fourth-order valence-electron chi connectivity index (χ4n) is 0.681. The summed E-state index contributed by atoms with van der Waals surface area (Å²) in [6.07, 6.45) is 0.912. The first-order valence-electron chi connectivity index (χ1n) is 5.08. The molecule has 7 nitrogen and oxygen atoms in total. The van der Waals surface area contributed by atoms with Gasteiger partial charge in [-0.15, -0.1) is 0 Å². The monoisotopic (exact) mass is 250 g/mol. The van der Waals surface area contributed by atoms with Crippen molar-refractivity contribution in [2.45, 2.75) is 32.6 Å². The maximum atomic E-state index is 10.8. The lowest BCUT2D eigenvalue weighted by Crippen LogP contribution is -2.08. The van der Waals surface area contributed by atoms with Gasteiger partial charge in [-0.1, -0.05) is 0 Å². The van der Waals surface area contributed by atoms with E-state index in [1.165, 1.54) is 0 Å². The van der Waals surface area contributed by atoms with Crippen molar-refractivity contribution in [3.8, 4) is 0 Å². The van der Waals surface area contributed by atoms with E-state index in [1.807, 2.05) is 0 Å². The van der Waals surface area contributed by atoms with Gasteiger partial charge in [-0.2, -0.15) is 0 Å². The highest BCUT2D eigenvalue weighted by molar-refractivity contribution is 5.76. The van der Waals surface area contributed by atoms with Crippen LogP contribution in [0.4, 0.5) is 0 Å². The number of aliphatic hydroxyl groups is 1. The molecule has 7 heteroatoms. The van der Waals surface area contributed by atoms with E-state index in [1.54, 1.807) is 0 Å². The molecule has 0 spiro atoms. The molecule has 100 valence electrons. The number of unbranched alkanes of at least 4 members (excludes halogenated alkanes) is 1. The van der Waals surface area contributed by atoms with Gasteiger partial charge in [0.25, 0.3) is 5.97 Å². The molecule has 0 saturated carbocycles. The van der Waals surface area contributed by atoms with Gasteiger partial charge in [0.1, 0.15) is 0 Å². The summed E-state index contributed by atoms with van der Waals surface area (Å²) >= 11 is 0. The fourth-order valence-corrected chi connectivity index (χ4v) is 0.681. The minimum atomic E-state index is -1.01. The molecule has 0 aromatic heterocycles. The number of carbonyl (C=O) groups is 3. The molecular weight excluding hydrogens is 232 g/mol. The van der Waals surface area contributed by atoms with Crippen molar-refractivity contribution in [2.75, 3.05) is 13.2 Å². The lowest BCUT2D eigenvalue weighted by Gasteiger charge is -2.02. The summed E-state index contributed by atoms with van der Waals surface area (Å²) in [4.78, 5) is 29.8. The van der Waals surface area contributed by atoms with E-state index in [2.05, 4.69) is 4.74 Å². The van der Waals surface area contributed by atoms with Crippen molar-refractivity contribution in [1.82, 2.24) is 0 Å². The second-order valence-electron chi connectivity index (χ2n) is 3.06. The number of ether oxygens (including phenoxy) is 1. The normalized spacial score (nSPS) is 8.82. The summed E-state index contributed by atoms with van der Waals surface area (Å²) < 4.78 is 4.68. The van der Waals surface area contributed by atoms with Gasteiger partial charge in [0.05, 0.1) is 19.4 Å². The molecule has 0 unspecified atom stereocenters. The highest BCUT2D eigenvalue weighted by Crippen LogP contribution is 1.95. The van der Waals surface area contributed by atoms with Crippen LogP contribution in [0.2, 0.25) is 0 Å². The average molecular weight is 250 g/mol. The molecule has 0 aliphatic rings. The van der Waals surface area contributed by atoms with Crippen LogP contribution in [0.5, 0.6) is 0 Å². The molecule has 0 bridgehead atoms. The highest BCUT2D eigenvalue weighted by atomic mass is 16.5. The molecule has 0 fully saturated rings. The summed E-state index contributed by atoms with van der Waals surface area (Å²) in [5, 5.41) is 24.0. The van der Waals surface area contributed by atoms with Gasteiger partial charge in [0, 0.05) is 13.5 Å². The molecule has 0 aromatic carbocycles. The maximum Gasteiger partial charge on any atom is 0.306 e. The average Bonchev–Trinajstić information content (AvgIpc) is 2.20. The van der Waals surface area contributed by atoms with Crippen LogP contribution in [-0.2, 0) is 19.1 Å². The van der Waals surface area contributed by atoms with E-state index in [4.69, 9.17) is 20.1 Å². The maximum absolute atomic E-state index is 10.8. The Balaban J connectivity index is 0. The van der Waals surface area contributed by atoms with Crippen LogP contribution < -0.4 is 0 Å². The first-order valence-corrected chi connectivity index (χ1v) is 5.08. The molecule has 0 radical (unpaired) electrons. The third-order valence-electron chi connectivity index (χ3n) is 1.36. The standard InChI is InChI=1S/C8H14O5.C2H4O2/c9-5-1-2-6-13-8(12)4-3-7(10)11;1-2(3)4/h9H,1-6H2,(H,10,11);1H3,(H,3,4). The predicted molar refractivity (Wildman–Crippen MR) is 57.5 cm³/mol. The van der Waals surface area contributed by atoms with Gasteiger partial charge in [-0.05, 0) is 12.8 Å². The molecule has 0 rings (SSSR count). The van der Waals surface area contributed by atoms with Crippen molar-refractivity contribution in [2.24, 2.45) is 0 Å². The van der Waals surface area contributed by atoms with Crippen molar-refractivity contribution in [3.05, 3.63) is 0 Å². The summed E-state index contributed by atoms with van der Waals surface area (Å²) in [6, 6.07) is 0. The first-order chi connectivity index (χ1) is 7.90. The number of aliphatic carboxylic acids is 2. The summed E-state index contributed by atoms with van der Waals surface area (Å²) in [7, 11) is 0. The van der Waals surface area contributed by atoms with Gasteiger partial charge >= 0.3 is 11.9 Å². The van der Waals surface area contributed by atoms with E-state index in [-0.39, 0.29) is 26.1 Å². The molecule has 3 N–H and O–H groups in total. The molecule has 0 heterocycles. The lowest BCUT2D eigenvalue weighted by atomic mass is 10.3. The minimum absolute atomic E-state index is 0.0761. The van der Waals surface area contributed by atoms with Crippen LogP contribution in [0.15, 0.2) is 0 Å². The second-order valence-corrected chi connectivity index (χ2v) is 3.06. The van der Waals surface area contributed by atoms with Crippen molar-refractivity contribution in [1.29, 1.82) is 0 Å². The number of carboxylic acids is 2. The number of carboxylic acid groups (broad SMARTS) is 2. The number of carbonyl (C=O) groups excluding carboxylic acids is 1. The zero-order valence-corrected chi connectivity index (χ0v) is 9.72. The molecule has 0 aromatic rings. The topological polar surface area (TPSA) is 121 Å². The number of aliphatic hydroxyl groups excluding tert-OH is 1. The Labute approximate surface area is 99.0 Å². The SMILES string of the molecule is CC(=O)O.O=C(O)CCC(=O)OCCCCO. The van der Waals surface area contributed by atoms with Crippen LogP contribution in [0.3, 0.4) is 0 Å². The number of hydrogen-bond donors (Lipinski definition) is 3. The fraction of sp³-hybridized carbons (Fsp3) is 0.700. The van der Waals surface area contributed by atoms with Gasteiger partial charge in [0.15, 0.2) is 0 Å². The summed E-state index contributed by atoms with van der Waals surface area (Å²) in [6.45, 7) is 1.41.